The molecule has 8 nitrogen and oxygen atoms in total. The summed E-state index contributed by atoms with van der Waals surface area (Å²) in [5.74, 6) is -0.683. The van der Waals surface area contributed by atoms with Crippen LogP contribution in [0.4, 0.5) is 11.4 Å². The average molecular weight is 438 g/mol. The van der Waals surface area contributed by atoms with Gasteiger partial charge in [0.15, 0.2) is 0 Å². The van der Waals surface area contributed by atoms with E-state index in [0.717, 1.165) is 5.56 Å². The molecule has 3 aromatic carbocycles. The van der Waals surface area contributed by atoms with E-state index in [1.54, 1.807) is 12.1 Å². The minimum atomic E-state index is -3.83. The molecule has 1 heterocycles. The smallest absolute Gasteiger partial charge is 0.338 e. The number of hydrogen-bond donors (Lipinski definition) is 0. The van der Waals surface area contributed by atoms with Crippen LogP contribution in [0, 0.1) is 10.1 Å². The molecular weight excluding hydrogens is 420 g/mol. The van der Waals surface area contributed by atoms with E-state index < -0.39 is 20.9 Å². The highest BCUT2D eigenvalue weighted by molar-refractivity contribution is 7.92. The average Bonchev–Trinajstić information content (AvgIpc) is 3.23. The standard InChI is InChI=1S/C22H18N2O6S/c25-22(30-15-16-8-10-19(11-9-16)24(26)27)18-5-3-6-20(14-18)31(28,29)23-13-12-17-4-1-2-7-21(17)23/h1-11,14H,12-13,15H2. The van der Waals surface area contributed by atoms with E-state index in [-0.39, 0.29) is 22.8 Å². The third kappa shape index (κ3) is 4.13. The Morgan fingerprint density at radius 2 is 1.77 bits per heavy atom. The minimum Gasteiger partial charge on any atom is -0.457 e. The summed E-state index contributed by atoms with van der Waals surface area (Å²) < 4.78 is 32.9. The number of non-ortho nitro benzene ring substituents is 1. The molecule has 0 aromatic heterocycles. The first-order chi connectivity index (χ1) is 14.9. The maximum absolute atomic E-state index is 13.2. The normalized spacial score (nSPS) is 13.0. The van der Waals surface area contributed by atoms with Crippen LogP contribution in [0.2, 0.25) is 0 Å². The second-order valence-electron chi connectivity index (χ2n) is 6.98. The molecule has 0 saturated heterocycles. The van der Waals surface area contributed by atoms with Crippen molar-refractivity contribution in [3.05, 3.63) is 99.6 Å². The molecule has 0 aliphatic carbocycles. The van der Waals surface area contributed by atoms with E-state index in [1.165, 1.54) is 52.8 Å². The topological polar surface area (TPSA) is 107 Å². The van der Waals surface area contributed by atoms with Crippen molar-refractivity contribution < 1.29 is 22.9 Å². The predicted octanol–water partition coefficient (Wildman–Crippen LogP) is 3.70. The van der Waals surface area contributed by atoms with Crippen molar-refractivity contribution in [1.82, 2.24) is 0 Å². The molecule has 0 bridgehead atoms. The second kappa shape index (κ2) is 8.19. The molecule has 1 aliphatic heterocycles. The number of nitrogens with zero attached hydrogens (tertiary/aromatic N) is 2. The first-order valence-electron chi connectivity index (χ1n) is 9.47. The van der Waals surface area contributed by atoms with Crippen LogP contribution < -0.4 is 4.31 Å². The van der Waals surface area contributed by atoms with Crippen molar-refractivity contribution in [3.63, 3.8) is 0 Å². The Balaban J connectivity index is 1.50. The van der Waals surface area contributed by atoms with Gasteiger partial charge in [-0.25, -0.2) is 13.2 Å². The van der Waals surface area contributed by atoms with Crippen LogP contribution in [-0.4, -0.2) is 25.9 Å². The number of carbonyl (C=O) groups is 1. The molecule has 31 heavy (non-hydrogen) atoms. The van der Waals surface area contributed by atoms with E-state index >= 15 is 0 Å². The van der Waals surface area contributed by atoms with Crippen LogP contribution in [0.25, 0.3) is 0 Å². The number of nitro benzene ring substituents is 1. The Morgan fingerprint density at radius 3 is 2.52 bits per heavy atom. The molecule has 158 valence electrons. The van der Waals surface area contributed by atoms with E-state index in [2.05, 4.69) is 0 Å². The van der Waals surface area contributed by atoms with Crippen molar-refractivity contribution in [2.24, 2.45) is 0 Å². The van der Waals surface area contributed by atoms with Crippen molar-refractivity contribution in [1.29, 1.82) is 0 Å². The first kappa shape index (κ1) is 20.5. The fraction of sp³-hybridized carbons (Fsp3) is 0.136. The van der Waals surface area contributed by atoms with Crippen LogP contribution in [0.1, 0.15) is 21.5 Å². The number of hydrogen-bond acceptors (Lipinski definition) is 6. The van der Waals surface area contributed by atoms with Crippen molar-refractivity contribution >= 4 is 27.4 Å². The summed E-state index contributed by atoms with van der Waals surface area (Å²) in [5, 5.41) is 10.7. The highest BCUT2D eigenvalue weighted by Crippen LogP contribution is 2.32. The van der Waals surface area contributed by atoms with Crippen LogP contribution in [0.15, 0.2) is 77.7 Å². The van der Waals surface area contributed by atoms with Gasteiger partial charge in [-0.05, 0) is 53.9 Å². The number of carbonyl (C=O) groups excluding carboxylic acids is 1. The molecule has 0 unspecified atom stereocenters. The molecule has 0 amide bonds. The number of rotatable bonds is 6. The number of esters is 1. The number of sulfonamides is 1. The Morgan fingerprint density at radius 1 is 1.03 bits per heavy atom. The summed E-state index contributed by atoms with van der Waals surface area (Å²) in [4.78, 5) is 22.7. The molecule has 0 fully saturated rings. The maximum atomic E-state index is 13.2. The number of ether oxygens (including phenoxy) is 1. The lowest BCUT2D eigenvalue weighted by Crippen LogP contribution is -2.29. The Hall–Kier alpha value is -3.72. The third-order valence-electron chi connectivity index (χ3n) is 5.02. The summed E-state index contributed by atoms with van der Waals surface area (Å²) in [5.41, 5.74) is 2.24. The van der Waals surface area contributed by atoms with E-state index in [1.807, 2.05) is 12.1 Å². The maximum Gasteiger partial charge on any atom is 0.338 e. The van der Waals surface area contributed by atoms with Crippen molar-refractivity contribution in [2.75, 3.05) is 10.8 Å². The fourth-order valence-electron chi connectivity index (χ4n) is 3.41. The van der Waals surface area contributed by atoms with Crippen LogP contribution >= 0.6 is 0 Å². The lowest BCUT2D eigenvalue weighted by Gasteiger charge is -2.19. The van der Waals surface area contributed by atoms with Crippen molar-refractivity contribution in [2.45, 2.75) is 17.9 Å². The van der Waals surface area contributed by atoms with Gasteiger partial charge in [-0.2, -0.15) is 0 Å². The fourth-order valence-corrected chi connectivity index (χ4v) is 4.96. The van der Waals surface area contributed by atoms with Gasteiger partial charge in [0.1, 0.15) is 6.61 Å². The van der Waals surface area contributed by atoms with Gasteiger partial charge < -0.3 is 4.74 Å². The molecule has 0 N–H and O–H groups in total. The first-order valence-corrected chi connectivity index (χ1v) is 10.9. The summed E-state index contributed by atoms with van der Waals surface area (Å²) in [7, 11) is -3.83. The van der Waals surface area contributed by atoms with Crippen LogP contribution in [0.3, 0.4) is 0 Å². The quantitative estimate of drug-likeness (QED) is 0.330. The van der Waals surface area contributed by atoms with E-state index in [0.29, 0.717) is 24.2 Å². The predicted molar refractivity (Wildman–Crippen MR) is 113 cm³/mol. The zero-order valence-corrected chi connectivity index (χ0v) is 17.1. The van der Waals surface area contributed by atoms with Crippen molar-refractivity contribution in [3.8, 4) is 0 Å². The SMILES string of the molecule is O=C(OCc1ccc([N+](=O)[O-])cc1)c1cccc(S(=O)(=O)N2CCc3ccccc32)c1. The molecule has 0 spiro atoms. The number of fused-ring (bicyclic) bond motifs is 1. The number of anilines is 1. The number of nitro groups is 1. The van der Waals surface area contributed by atoms with Gasteiger partial charge in [-0.15, -0.1) is 0 Å². The molecular formula is C22H18N2O6S. The number of benzene rings is 3. The second-order valence-corrected chi connectivity index (χ2v) is 8.85. The van der Waals surface area contributed by atoms with Gasteiger partial charge in [-0.3, -0.25) is 14.4 Å². The van der Waals surface area contributed by atoms with Gasteiger partial charge >= 0.3 is 5.97 Å². The van der Waals surface area contributed by atoms with E-state index in [9.17, 15) is 23.3 Å². The summed E-state index contributed by atoms with van der Waals surface area (Å²) in [6.07, 6.45) is 0.631. The number of para-hydroxylation sites is 1. The molecule has 0 atom stereocenters. The van der Waals surface area contributed by atoms with Crippen LogP contribution in [-0.2, 0) is 27.8 Å². The van der Waals surface area contributed by atoms with Gasteiger partial charge in [0.05, 0.1) is 21.1 Å². The van der Waals surface area contributed by atoms with Gasteiger partial charge in [0.25, 0.3) is 15.7 Å². The summed E-state index contributed by atoms with van der Waals surface area (Å²) in [6, 6.07) is 18.7. The molecule has 3 aromatic rings. The molecule has 0 saturated carbocycles. The van der Waals surface area contributed by atoms with Gasteiger partial charge in [-0.1, -0.05) is 24.3 Å². The molecule has 9 heteroatoms. The highest BCUT2D eigenvalue weighted by Gasteiger charge is 2.31. The Labute approximate surface area is 178 Å². The molecule has 4 rings (SSSR count). The van der Waals surface area contributed by atoms with Gasteiger partial charge in [0.2, 0.25) is 0 Å². The zero-order chi connectivity index (χ0) is 22.0. The summed E-state index contributed by atoms with van der Waals surface area (Å²) >= 11 is 0. The van der Waals surface area contributed by atoms with Gasteiger partial charge in [0, 0.05) is 18.7 Å². The molecule has 0 radical (unpaired) electrons. The molecule has 1 aliphatic rings. The summed E-state index contributed by atoms with van der Waals surface area (Å²) in [6.45, 7) is 0.254. The Kier molecular flexibility index (Phi) is 5.43. The van der Waals surface area contributed by atoms with E-state index in [4.69, 9.17) is 4.74 Å². The Bertz CT molecular complexity index is 1260. The third-order valence-corrected chi connectivity index (χ3v) is 6.83. The minimum absolute atomic E-state index is 0.00832. The lowest BCUT2D eigenvalue weighted by molar-refractivity contribution is -0.384. The zero-order valence-electron chi connectivity index (χ0n) is 16.3. The largest absolute Gasteiger partial charge is 0.457 e. The monoisotopic (exact) mass is 438 g/mol. The lowest BCUT2D eigenvalue weighted by atomic mass is 10.2. The highest BCUT2D eigenvalue weighted by atomic mass is 32.2. The van der Waals surface area contributed by atoms with Crippen LogP contribution in [0.5, 0.6) is 0 Å².